The van der Waals surface area contributed by atoms with Crippen LogP contribution in [0.1, 0.15) is 28.4 Å². The zero-order valence-corrected chi connectivity index (χ0v) is 15.5. The van der Waals surface area contributed by atoms with E-state index in [2.05, 4.69) is 61.5 Å². The molecule has 0 bridgehead atoms. The second-order valence-electron chi connectivity index (χ2n) is 6.26. The number of nitrogens with zero attached hydrogens (tertiary/aromatic N) is 1. The molecule has 3 heteroatoms. The molecule has 0 radical (unpaired) electrons. The van der Waals surface area contributed by atoms with E-state index in [-0.39, 0.29) is 0 Å². The fourth-order valence-corrected chi connectivity index (χ4v) is 4.40. The van der Waals surface area contributed by atoms with Crippen LogP contribution in [0.25, 0.3) is 0 Å². The van der Waals surface area contributed by atoms with Crippen LogP contribution in [-0.2, 0) is 0 Å². The first kappa shape index (κ1) is 16.4. The van der Waals surface area contributed by atoms with Crippen LogP contribution in [0.2, 0.25) is 5.02 Å². The second kappa shape index (κ2) is 7.07. The Hall–Kier alpha value is -2.03. The van der Waals surface area contributed by atoms with E-state index in [4.69, 9.17) is 16.6 Å². The lowest BCUT2D eigenvalue weighted by molar-refractivity contribution is 1.01. The molecule has 1 unspecified atom stereocenters. The maximum absolute atomic E-state index is 6.22. The van der Waals surface area contributed by atoms with Crippen LogP contribution in [0.5, 0.6) is 0 Å². The zero-order valence-electron chi connectivity index (χ0n) is 13.9. The number of hydrogen-bond donors (Lipinski definition) is 0. The zero-order chi connectivity index (χ0) is 17.2. The first-order valence-electron chi connectivity index (χ1n) is 8.35. The highest BCUT2D eigenvalue weighted by molar-refractivity contribution is 7.99. The SMILES string of the molecule is Cc1ccc(C2CC(c3ccccc3)=Nc3cc(Cl)ccc3S2)cc1. The van der Waals surface area contributed by atoms with Crippen molar-refractivity contribution in [2.45, 2.75) is 23.5 Å². The Morgan fingerprint density at radius 1 is 0.960 bits per heavy atom. The monoisotopic (exact) mass is 363 g/mol. The van der Waals surface area contributed by atoms with Crippen molar-refractivity contribution in [3.05, 3.63) is 94.5 Å². The largest absolute Gasteiger partial charge is 0.252 e. The van der Waals surface area contributed by atoms with Crippen molar-refractivity contribution < 1.29 is 0 Å². The molecule has 124 valence electrons. The van der Waals surface area contributed by atoms with E-state index in [0.717, 1.165) is 22.8 Å². The third-order valence-electron chi connectivity index (χ3n) is 4.38. The van der Waals surface area contributed by atoms with E-state index in [0.29, 0.717) is 5.25 Å². The van der Waals surface area contributed by atoms with Gasteiger partial charge in [0.2, 0.25) is 0 Å². The van der Waals surface area contributed by atoms with E-state index in [9.17, 15) is 0 Å². The van der Waals surface area contributed by atoms with E-state index in [1.54, 1.807) is 0 Å². The molecule has 1 aliphatic heterocycles. The van der Waals surface area contributed by atoms with E-state index >= 15 is 0 Å². The van der Waals surface area contributed by atoms with Crippen molar-refractivity contribution in [1.29, 1.82) is 0 Å². The minimum atomic E-state index is 0.335. The Labute approximate surface area is 157 Å². The summed E-state index contributed by atoms with van der Waals surface area (Å²) < 4.78 is 0. The molecule has 0 amide bonds. The van der Waals surface area contributed by atoms with Gasteiger partial charge in [0.25, 0.3) is 0 Å². The average Bonchev–Trinajstić information content (AvgIpc) is 2.82. The lowest BCUT2D eigenvalue weighted by Crippen LogP contribution is -2.05. The molecular weight excluding hydrogens is 346 g/mol. The highest BCUT2D eigenvalue weighted by atomic mass is 35.5. The molecular formula is C22H18ClNS. The van der Waals surface area contributed by atoms with Crippen molar-refractivity contribution >= 4 is 34.8 Å². The summed E-state index contributed by atoms with van der Waals surface area (Å²) in [5.41, 5.74) is 5.87. The first-order chi connectivity index (χ1) is 12.2. The normalized spacial score (nSPS) is 16.7. The number of halogens is 1. The summed E-state index contributed by atoms with van der Waals surface area (Å²) >= 11 is 8.09. The fourth-order valence-electron chi connectivity index (χ4n) is 3.02. The van der Waals surface area contributed by atoms with Crippen LogP contribution in [-0.4, -0.2) is 5.71 Å². The number of hydrogen-bond acceptors (Lipinski definition) is 2. The van der Waals surface area contributed by atoms with Gasteiger partial charge in [-0.15, -0.1) is 11.8 Å². The molecule has 3 aromatic carbocycles. The Balaban J connectivity index is 1.81. The summed E-state index contributed by atoms with van der Waals surface area (Å²) in [5.74, 6) is 0. The molecule has 0 saturated heterocycles. The topological polar surface area (TPSA) is 12.4 Å². The maximum atomic E-state index is 6.22. The smallest absolute Gasteiger partial charge is 0.0784 e. The number of benzene rings is 3. The van der Waals surface area contributed by atoms with Gasteiger partial charge in [-0.25, -0.2) is 0 Å². The summed E-state index contributed by atoms with van der Waals surface area (Å²) in [6, 6.07) is 25.3. The summed E-state index contributed by atoms with van der Waals surface area (Å²) in [4.78, 5) is 6.16. The molecule has 1 atom stereocenters. The molecule has 0 fully saturated rings. The molecule has 4 rings (SSSR count). The third-order valence-corrected chi connectivity index (χ3v) is 5.94. The Bertz CT molecular complexity index is 917. The number of aliphatic imine (C=N–C) groups is 1. The quantitative estimate of drug-likeness (QED) is 0.477. The van der Waals surface area contributed by atoms with Gasteiger partial charge in [0, 0.05) is 27.3 Å². The fraction of sp³-hybridized carbons (Fsp3) is 0.136. The minimum Gasteiger partial charge on any atom is -0.252 e. The summed E-state index contributed by atoms with van der Waals surface area (Å²) in [7, 11) is 0. The van der Waals surface area contributed by atoms with Crippen LogP contribution < -0.4 is 0 Å². The lowest BCUT2D eigenvalue weighted by Gasteiger charge is -2.16. The molecule has 1 nitrogen and oxygen atoms in total. The highest BCUT2D eigenvalue weighted by Crippen LogP contribution is 2.46. The van der Waals surface area contributed by atoms with Crippen LogP contribution in [0.3, 0.4) is 0 Å². The van der Waals surface area contributed by atoms with Gasteiger partial charge in [-0.05, 0) is 36.2 Å². The first-order valence-corrected chi connectivity index (χ1v) is 9.60. The third kappa shape index (κ3) is 3.65. The standard InChI is InChI=1S/C22H18ClNS/c1-15-7-9-17(10-8-15)22-14-19(16-5-3-2-4-6-16)24-20-13-18(23)11-12-21(20)25-22/h2-13,22H,14H2,1H3. The van der Waals surface area contributed by atoms with Gasteiger partial charge in [0.1, 0.15) is 0 Å². The van der Waals surface area contributed by atoms with Crippen LogP contribution in [0, 0.1) is 6.92 Å². The van der Waals surface area contributed by atoms with Crippen LogP contribution in [0.4, 0.5) is 5.69 Å². The van der Waals surface area contributed by atoms with Crippen molar-refractivity contribution in [2.75, 3.05) is 0 Å². The van der Waals surface area contributed by atoms with Crippen molar-refractivity contribution in [3.63, 3.8) is 0 Å². The summed E-state index contributed by atoms with van der Waals surface area (Å²) in [6.45, 7) is 2.12. The maximum Gasteiger partial charge on any atom is 0.0784 e. The van der Waals surface area contributed by atoms with Crippen LogP contribution in [0.15, 0.2) is 82.7 Å². The molecule has 1 heterocycles. The van der Waals surface area contributed by atoms with Crippen molar-refractivity contribution in [2.24, 2.45) is 4.99 Å². The number of aryl methyl sites for hydroxylation is 1. The van der Waals surface area contributed by atoms with Crippen LogP contribution >= 0.6 is 23.4 Å². The number of rotatable bonds is 2. The van der Waals surface area contributed by atoms with Crippen molar-refractivity contribution in [3.8, 4) is 0 Å². The molecule has 1 aliphatic rings. The molecule has 0 spiro atoms. The Kier molecular flexibility index (Phi) is 4.65. The summed E-state index contributed by atoms with van der Waals surface area (Å²) in [6.07, 6.45) is 0.893. The molecule has 0 N–H and O–H groups in total. The van der Waals surface area contributed by atoms with Gasteiger partial charge in [-0.2, -0.15) is 0 Å². The molecule has 25 heavy (non-hydrogen) atoms. The highest BCUT2D eigenvalue weighted by Gasteiger charge is 2.22. The number of fused-ring (bicyclic) bond motifs is 1. The molecule has 0 saturated carbocycles. The van der Waals surface area contributed by atoms with Gasteiger partial charge in [-0.1, -0.05) is 71.8 Å². The molecule has 3 aromatic rings. The van der Waals surface area contributed by atoms with E-state index in [1.807, 2.05) is 30.0 Å². The molecule has 0 aromatic heterocycles. The van der Waals surface area contributed by atoms with E-state index in [1.165, 1.54) is 21.6 Å². The Morgan fingerprint density at radius 3 is 2.48 bits per heavy atom. The predicted molar refractivity (Wildman–Crippen MR) is 108 cm³/mol. The van der Waals surface area contributed by atoms with Gasteiger partial charge in [0.05, 0.1) is 5.69 Å². The van der Waals surface area contributed by atoms with Gasteiger partial charge in [0.15, 0.2) is 0 Å². The minimum absolute atomic E-state index is 0.335. The van der Waals surface area contributed by atoms with E-state index < -0.39 is 0 Å². The van der Waals surface area contributed by atoms with Gasteiger partial charge in [-0.3, -0.25) is 4.99 Å². The second-order valence-corrected chi connectivity index (χ2v) is 7.94. The summed E-state index contributed by atoms with van der Waals surface area (Å²) in [5, 5.41) is 1.06. The lowest BCUT2D eigenvalue weighted by atomic mass is 10.0. The average molecular weight is 364 g/mol. The van der Waals surface area contributed by atoms with Gasteiger partial charge >= 0.3 is 0 Å². The molecule has 0 aliphatic carbocycles. The van der Waals surface area contributed by atoms with Crippen molar-refractivity contribution in [1.82, 2.24) is 0 Å². The Morgan fingerprint density at radius 2 is 1.72 bits per heavy atom. The predicted octanol–water partition coefficient (Wildman–Crippen LogP) is 7.01. The number of thioether (sulfide) groups is 1. The van der Waals surface area contributed by atoms with Gasteiger partial charge < -0.3 is 0 Å².